The van der Waals surface area contributed by atoms with Crippen molar-refractivity contribution in [1.82, 2.24) is 0 Å². The van der Waals surface area contributed by atoms with Gasteiger partial charge in [-0.3, -0.25) is 0 Å². The first-order valence-corrected chi connectivity index (χ1v) is 0. The molecule has 0 amide bonds. The summed E-state index contributed by atoms with van der Waals surface area (Å²) in [7, 11) is 0. The quantitative estimate of drug-likeness (QED) is 0.381. The third-order valence-electron chi connectivity index (χ3n) is 0. The van der Waals surface area contributed by atoms with Crippen LogP contribution >= 0.6 is 0 Å². The molecule has 0 aliphatic carbocycles. The van der Waals surface area contributed by atoms with Crippen molar-refractivity contribution in [3.63, 3.8) is 0 Å². The second-order valence-electron chi connectivity index (χ2n) is 0. The molecular weight excluding hydrogens is 241 g/mol. The monoisotopic (exact) mass is 244 g/mol. The van der Waals surface area contributed by atoms with Gasteiger partial charge in [-0.15, -0.1) is 0 Å². The Balaban J connectivity index is 0. The molecular formula is H4Cl3O2Rh. The van der Waals surface area contributed by atoms with Gasteiger partial charge in [0.25, 0.3) is 0 Å². The second-order valence-corrected chi connectivity index (χ2v) is 0. The SMILES string of the molecule is O.O.[Cl-].[Cl-].[Cl-].[Rh+3]. The van der Waals surface area contributed by atoms with E-state index < -0.39 is 0 Å². The first-order valence-electron chi connectivity index (χ1n) is 0. The number of hydrogen-bond donors (Lipinski definition) is 0. The van der Waals surface area contributed by atoms with Gasteiger partial charge in [-0.2, -0.15) is 0 Å². The van der Waals surface area contributed by atoms with Crippen molar-refractivity contribution in [3.8, 4) is 0 Å². The minimum atomic E-state index is 0. The molecule has 0 fully saturated rings. The van der Waals surface area contributed by atoms with Crippen LogP contribution in [-0.2, 0) is 19.5 Å². The number of halogens is 3. The van der Waals surface area contributed by atoms with Crippen LogP contribution in [0.5, 0.6) is 0 Å². The van der Waals surface area contributed by atoms with Gasteiger partial charge in [-0.05, 0) is 0 Å². The molecule has 0 aromatic heterocycles. The van der Waals surface area contributed by atoms with E-state index in [4.69, 9.17) is 0 Å². The van der Waals surface area contributed by atoms with E-state index in [1.165, 1.54) is 0 Å². The van der Waals surface area contributed by atoms with Crippen LogP contribution in [0.15, 0.2) is 0 Å². The Hall–Kier alpha value is 1.41. The van der Waals surface area contributed by atoms with Gasteiger partial charge in [-0.25, -0.2) is 0 Å². The summed E-state index contributed by atoms with van der Waals surface area (Å²) in [5, 5.41) is 0. The Kier molecular flexibility index (Phi) is 2390. The Morgan fingerprint density at radius 3 is 0.500 bits per heavy atom. The Morgan fingerprint density at radius 1 is 0.500 bits per heavy atom. The van der Waals surface area contributed by atoms with Crippen LogP contribution in [0.4, 0.5) is 0 Å². The van der Waals surface area contributed by atoms with E-state index in [1.807, 2.05) is 0 Å². The summed E-state index contributed by atoms with van der Waals surface area (Å²) >= 11 is 0. The molecule has 0 heterocycles. The molecule has 0 saturated heterocycles. The molecule has 4 N–H and O–H groups in total. The largest absolute Gasteiger partial charge is 3.00 e. The summed E-state index contributed by atoms with van der Waals surface area (Å²) in [4.78, 5) is 0. The van der Waals surface area contributed by atoms with E-state index in [9.17, 15) is 0 Å². The molecule has 0 radical (unpaired) electrons. The molecule has 0 rings (SSSR count). The summed E-state index contributed by atoms with van der Waals surface area (Å²) in [5.41, 5.74) is 0. The zero-order valence-electron chi connectivity index (χ0n) is 2.47. The fourth-order valence-electron chi connectivity index (χ4n) is 0. The van der Waals surface area contributed by atoms with Crippen LogP contribution in [0.2, 0.25) is 0 Å². The van der Waals surface area contributed by atoms with Crippen LogP contribution in [0.25, 0.3) is 0 Å². The van der Waals surface area contributed by atoms with Gasteiger partial charge in [0, 0.05) is 0 Å². The maximum atomic E-state index is 0. The molecule has 0 spiro atoms. The van der Waals surface area contributed by atoms with Gasteiger partial charge in [0.1, 0.15) is 0 Å². The summed E-state index contributed by atoms with van der Waals surface area (Å²) in [6.07, 6.45) is 0. The van der Waals surface area contributed by atoms with Gasteiger partial charge in [0.05, 0.1) is 0 Å². The molecule has 0 atom stereocenters. The van der Waals surface area contributed by atoms with Crippen molar-refractivity contribution in [3.05, 3.63) is 0 Å². The molecule has 46 valence electrons. The molecule has 0 aromatic rings. The third-order valence-corrected chi connectivity index (χ3v) is 0. The molecule has 0 unspecified atom stereocenters. The summed E-state index contributed by atoms with van der Waals surface area (Å²) in [6, 6.07) is 0. The van der Waals surface area contributed by atoms with Crippen molar-refractivity contribution < 1.29 is 67.7 Å². The summed E-state index contributed by atoms with van der Waals surface area (Å²) in [6.45, 7) is 0. The van der Waals surface area contributed by atoms with E-state index in [2.05, 4.69) is 0 Å². The normalized spacial score (nSPS) is 0. The molecule has 6 heavy (non-hydrogen) atoms. The molecule has 0 bridgehead atoms. The minimum absolute atomic E-state index is 0. The maximum absolute atomic E-state index is 0. The standard InChI is InChI=1S/3ClH.2H2O.Rh/h3*1H;2*1H2;/q;;;;;+3/p-3. The van der Waals surface area contributed by atoms with Gasteiger partial charge in [0.15, 0.2) is 0 Å². The van der Waals surface area contributed by atoms with E-state index in [1.54, 1.807) is 0 Å². The van der Waals surface area contributed by atoms with Crippen molar-refractivity contribution in [2.75, 3.05) is 0 Å². The van der Waals surface area contributed by atoms with Crippen molar-refractivity contribution >= 4 is 0 Å². The average molecular weight is 245 g/mol. The van der Waals surface area contributed by atoms with Crippen LogP contribution in [0.1, 0.15) is 0 Å². The van der Waals surface area contributed by atoms with Crippen LogP contribution in [0.3, 0.4) is 0 Å². The van der Waals surface area contributed by atoms with Crippen LogP contribution in [0, 0.1) is 0 Å². The smallest absolute Gasteiger partial charge is 1.00 e. The van der Waals surface area contributed by atoms with Crippen molar-refractivity contribution in [2.45, 2.75) is 0 Å². The Morgan fingerprint density at radius 2 is 0.500 bits per heavy atom. The molecule has 6 heteroatoms. The van der Waals surface area contributed by atoms with Gasteiger partial charge in [0.2, 0.25) is 0 Å². The molecule has 0 aliphatic rings. The van der Waals surface area contributed by atoms with Crippen molar-refractivity contribution in [2.24, 2.45) is 0 Å². The Labute approximate surface area is 67.7 Å². The molecule has 2 nitrogen and oxygen atoms in total. The van der Waals surface area contributed by atoms with Crippen LogP contribution in [-0.4, -0.2) is 11.0 Å². The van der Waals surface area contributed by atoms with E-state index in [-0.39, 0.29) is 67.7 Å². The fraction of sp³-hybridized carbons (Fsp3) is 0. The second kappa shape index (κ2) is 94.1. The molecule has 0 aliphatic heterocycles. The zero-order valence-corrected chi connectivity index (χ0v) is 6.37. The summed E-state index contributed by atoms with van der Waals surface area (Å²) in [5.74, 6) is 0. The minimum Gasteiger partial charge on any atom is -1.00 e. The first-order chi connectivity index (χ1) is 0. The van der Waals surface area contributed by atoms with Crippen LogP contribution < -0.4 is 37.2 Å². The Bertz CT molecular complexity index is 8.75. The van der Waals surface area contributed by atoms with E-state index >= 15 is 0 Å². The maximum Gasteiger partial charge on any atom is 3.00 e. The zero-order chi connectivity index (χ0) is 0. The molecule has 0 aromatic carbocycles. The summed E-state index contributed by atoms with van der Waals surface area (Å²) < 4.78 is 0. The molecule has 0 saturated carbocycles. The van der Waals surface area contributed by atoms with E-state index in [0.29, 0.717) is 0 Å². The third kappa shape index (κ3) is 52.8. The topological polar surface area (TPSA) is 63.0 Å². The van der Waals surface area contributed by atoms with Gasteiger partial charge in [-0.1, -0.05) is 0 Å². The predicted octanol–water partition coefficient (Wildman–Crippen LogP) is -10.6. The first kappa shape index (κ1) is 153. The number of hydrogen-bond acceptors (Lipinski definition) is 0. The van der Waals surface area contributed by atoms with E-state index in [0.717, 1.165) is 0 Å². The fourth-order valence-corrected chi connectivity index (χ4v) is 0. The van der Waals surface area contributed by atoms with Gasteiger partial charge < -0.3 is 48.2 Å². The predicted molar refractivity (Wildman–Crippen MR) is 7.23 cm³/mol. The number of rotatable bonds is 0. The van der Waals surface area contributed by atoms with Gasteiger partial charge >= 0.3 is 19.5 Å². The van der Waals surface area contributed by atoms with Crippen molar-refractivity contribution in [1.29, 1.82) is 0 Å². The average Bonchev–Trinajstić information content (AvgIpc) is 0.